The Hall–Kier alpha value is -2.53. The van der Waals surface area contributed by atoms with Crippen LogP contribution in [0.5, 0.6) is 11.5 Å². The van der Waals surface area contributed by atoms with Crippen LogP contribution in [0.25, 0.3) is 0 Å². The fourth-order valence-electron chi connectivity index (χ4n) is 2.15. The number of methoxy groups -OCH3 is 1. The molecule has 0 fully saturated rings. The zero-order valence-electron chi connectivity index (χ0n) is 13.8. The lowest BCUT2D eigenvalue weighted by atomic mass is 10.1. The average molecular weight is 347 g/mol. The summed E-state index contributed by atoms with van der Waals surface area (Å²) in [5.74, 6) is 0.729. The predicted octanol–water partition coefficient (Wildman–Crippen LogP) is 3.82. The van der Waals surface area contributed by atoms with Gasteiger partial charge in [-0.2, -0.15) is 5.10 Å². The van der Waals surface area contributed by atoms with E-state index < -0.39 is 0 Å². The molecule has 0 bridgehead atoms. The van der Waals surface area contributed by atoms with Crippen LogP contribution in [0.3, 0.4) is 0 Å². The maximum absolute atomic E-state index is 12.1. The van der Waals surface area contributed by atoms with Crippen molar-refractivity contribution in [2.24, 2.45) is 5.10 Å². The van der Waals surface area contributed by atoms with E-state index in [2.05, 4.69) is 10.5 Å². The van der Waals surface area contributed by atoms with Gasteiger partial charge in [0.05, 0.1) is 25.0 Å². The first-order chi connectivity index (χ1) is 11.6. The molecule has 0 unspecified atom stereocenters. The van der Waals surface area contributed by atoms with Crippen molar-refractivity contribution in [2.45, 2.75) is 13.8 Å². The molecule has 0 aromatic heterocycles. The fourth-order valence-corrected chi connectivity index (χ4v) is 2.43. The Kier molecular flexibility index (Phi) is 6.21. The Morgan fingerprint density at radius 1 is 1.33 bits per heavy atom. The van der Waals surface area contributed by atoms with Crippen LogP contribution in [-0.4, -0.2) is 25.8 Å². The molecule has 2 aromatic rings. The van der Waals surface area contributed by atoms with Gasteiger partial charge in [-0.1, -0.05) is 29.8 Å². The normalized spacial score (nSPS) is 10.7. The van der Waals surface area contributed by atoms with Gasteiger partial charge in [-0.3, -0.25) is 4.79 Å². The number of hydrazone groups is 1. The quantitative estimate of drug-likeness (QED) is 0.639. The van der Waals surface area contributed by atoms with Gasteiger partial charge >= 0.3 is 0 Å². The van der Waals surface area contributed by atoms with Crippen molar-refractivity contribution in [1.82, 2.24) is 5.43 Å². The van der Waals surface area contributed by atoms with E-state index in [4.69, 9.17) is 21.1 Å². The minimum Gasteiger partial charge on any atom is -0.493 e. The van der Waals surface area contributed by atoms with Crippen LogP contribution in [0.4, 0.5) is 0 Å². The van der Waals surface area contributed by atoms with Crippen molar-refractivity contribution in [3.8, 4) is 11.5 Å². The number of hydrogen-bond donors (Lipinski definition) is 1. The number of aryl methyl sites for hydroxylation is 1. The van der Waals surface area contributed by atoms with Crippen molar-refractivity contribution in [3.63, 3.8) is 0 Å². The lowest BCUT2D eigenvalue weighted by molar-refractivity contribution is 0.0954. The Labute approximate surface area is 146 Å². The number of carbonyl (C=O) groups excluding carboxylic acids is 1. The third-order valence-corrected chi connectivity index (χ3v) is 3.59. The first-order valence-corrected chi connectivity index (χ1v) is 7.84. The SMILES string of the molecule is CCOc1c(Cl)cc(/C=N/NC(=O)c2ccccc2C)cc1OC. The van der Waals surface area contributed by atoms with E-state index in [9.17, 15) is 4.79 Å². The largest absolute Gasteiger partial charge is 0.493 e. The van der Waals surface area contributed by atoms with E-state index >= 15 is 0 Å². The van der Waals surface area contributed by atoms with E-state index in [-0.39, 0.29) is 5.91 Å². The fraction of sp³-hybridized carbons (Fsp3) is 0.222. The van der Waals surface area contributed by atoms with Gasteiger partial charge in [-0.05, 0) is 43.2 Å². The van der Waals surface area contributed by atoms with Crippen molar-refractivity contribution >= 4 is 23.7 Å². The van der Waals surface area contributed by atoms with Crippen molar-refractivity contribution in [1.29, 1.82) is 0 Å². The van der Waals surface area contributed by atoms with E-state index in [0.29, 0.717) is 34.3 Å². The number of ether oxygens (including phenoxy) is 2. The molecule has 0 aliphatic carbocycles. The maximum atomic E-state index is 12.1. The summed E-state index contributed by atoms with van der Waals surface area (Å²) in [5, 5.41) is 4.39. The van der Waals surface area contributed by atoms with Crippen molar-refractivity contribution in [2.75, 3.05) is 13.7 Å². The summed E-state index contributed by atoms with van der Waals surface area (Å²) in [6.07, 6.45) is 1.50. The van der Waals surface area contributed by atoms with Crippen LogP contribution in [0.1, 0.15) is 28.4 Å². The van der Waals surface area contributed by atoms with E-state index in [1.165, 1.54) is 13.3 Å². The number of amides is 1. The predicted molar refractivity (Wildman–Crippen MR) is 95.4 cm³/mol. The monoisotopic (exact) mass is 346 g/mol. The molecule has 0 saturated heterocycles. The number of nitrogens with zero attached hydrogens (tertiary/aromatic N) is 1. The number of benzene rings is 2. The topological polar surface area (TPSA) is 59.9 Å². The molecule has 5 nitrogen and oxygen atoms in total. The molecule has 0 spiro atoms. The lowest BCUT2D eigenvalue weighted by Gasteiger charge is -2.11. The van der Waals surface area contributed by atoms with Gasteiger partial charge in [0.1, 0.15) is 0 Å². The Balaban J connectivity index is 2.13. The zero-order chi connectivity index (χ0) is 17.5. The average Bonchev–Trinajstić information content (AvgIpc) is 2.57. The summed E-state index contributed by atoms with van der Waals surface area (Å²) in [4.78, 5) is 12.1. The van der Waals surface area contributed by atoms with Gasteiger partial charge in [0.2, 0.25) is 0 Å². The summed E-state index contributed by atoms with van der Waals surface area (Å²) >= 11 is 6.20. The zero-order valence-corrected chi connectivity index (χ0v) is 14.6. The van der Waals surface area contributed by atoms with Gasteiger partial charge < -0.3 is 9.47 Å². The number of rotatable bonds is 6. The lowest BCUT2D eigenvalue weighted by Crippen LogP contribution is -2.18. The summed E-state index contributed by atoms with van der Waals surface area (Å²) in [7, 11) is 1.54. The molecule has 0 saturated carbocycles. The summed E-state index contributed by atoms with van der Waals surface area (Å²) in [6.45, 7) is 4.22. The minimum atomic E-state index is -0.270. The number of hydrogen-bond acceptors (Lipinski definition) is 4. The Morgan fingerprint density at radius 3 is 2.75 bits per heavy atom. The summed E-state index contributed by atoms with van der Waals surface area (Å²) < 4.78 is 10.7. The van der Waals surface area contributed by atoms with Crippen molar-refractivity contribution in [3.05, 3.63) is 58.1 Å². The molecule has 6 heteroatoms. The molecule has 126 valence electrons. The van der Waals surface area contributed by atoms with Crippen LogP contribution in [0.2, 0.25) is 5.02 Å². The Morgan fingerprint density at radius 2 is 2.08 bits per heavy atom. The highest BCUT2D eigenvalue weighted by atomic mass is 35.5. The first-order valence-electron chi connectivity index (χ1n) is 7.46. The highest BCUT2D eigenvalue weighted by molar-refractivity contribution is 6.32. The van der Waals surface area contributed by atoms with E-state index in [1.807, 2.05) is 32.0 Å². The third kappa shape index (κ3) is 4.26. The van der Waals surface area contributed by atoms with Gasteiger partial charge in [-0.25, -0.2) is 5.43 Å². The molecule has 1 N–H and O–H groups in total. The molecular formula is C18H19ClN2O3. The van der Waals surface area contributed by atoms with Crippen LogP contribution in [0.15, 0.2) is 41.5 Å². The second kappa shape index (κ2) is 8.36. The van der Waals surface area contributed by atoms with Crippen LogP contribution in [0, 0.1) is 6.92 Å². The number of nitrogens with one attached hydrogen (secondary N) is 1. The standard InChI is InChI=1S/C18H19ClN2O3/c1-4-24-17-15(19)9-13(10-16(17)23-3)11-20-21-18(22)14-8-6-5-7-12(14)2/h5-11H,4H2,1-3H3,(H,21,22)/b20-11+. The molecule has 1 amide bonds. The van der Waals surface area contributed by atoms with E-state index in [1.54, 1.807) is 18.2 Å². The molecule has 0 atom stereocenters. The Bertz CT molecular complexity index is 760. The number of carbonyl (C=O) groups is 1. The highest BCUT2D eigenvalue weighted by Gasteiger charge is 2.11. The third-order valence-electron chi connectivity index (χ3n) is 3.31. The molecule has 2 rings (SSSR count). The number of halogens is 1. The summed E-state index contributed by atoms with van der Waals surface area (Å²) in [5.41, 5.74) is 4.65. The second-order valence-corrected chi connectivity index (χ2v) is 5.39. The second-order valence-electron chi connectivity index (χ2n) is 4.98. The molecule has 24 heavy (non-hydrogen) atoms. The molecule has 0 aliphatic rings. The smallest absolute Gasteiger partial charge is 0.271 e. The van der Waals surface area contributed by atoms with Crippen molar-refractivity contribution < 1.29 is 14.3 Å². The van der Waals surface area contributed by atoms with Crippen LogP contribution in [-0.2, 0) is 0 Å². The first kappa shape index (κ1) is 17.8. The van der Waals surface area contributed by atoms with Crippen LogP contribution < -0.4 is 14.9 Å². The van der Waals surface area contributed by atoms with E-state index in [0.717, 1.165) is 5.56 Å². The molecule has 2 aromatic carbocycles. The maximum Gasteiger partial charge on any atom is 0.271 e. The summed E-state index contributed by atoms with van der Waals surface area (Å²) in [6, 6.07) is 10.7. The highest BCUT2D eigenvalue weighted by Crippen LogP contribution is 2.35. The molecule has 0 radical (unpaired) electrons. The molecular weight excluding hydrogens is 328 g/mol. The van der Waals surface area contributed by atoms with Crippen LogP contribution >= 0.6 is 11.6 Å². The van der Waals surface area contributed by atoms with Gasteiger partial charge in [-0.15, -0.1) is 0 Å². The van der Waals surface area contributed by atoms with Gasteiger partial charge in [0.15, 0.2) is 11.5 Å². The van der Waals surface area contributed by atoms with Gasteiger partial charge in [0, 0.05) is 5.56 Å². The molecule has 0 heterocycles. The minimum absolute atomic E-state index is 0.270. The van der Waals surface area contributed by atoms with Gasteiger partial charge in [0.25, 0.3) is 5.91 Å². The molecule has 0 aliphatic heterocycles.